The number of rotatable bonds is 4. The van der Waals surface area contributed by atoms with Crippen LogP contribution < -0.4 is 5.32 Å². The van der Waals surface area contributed by atoms with Crippen molar-refractivity contribution in [2.24, 2.45) is 5.92 Å². The fraction of sp³-hybridized carbons (Fsp3) is 0.562. The second-order valence-corrected chi connectivity index (χ2v) is 5.73. The maximum atomic E-state index is 12.4. The molecule has 1 amide bonds. The van der Waals surface area contributed by atoms with E-state index in [2.05, 4.69) is 12.2 Å². The van der Waals surface area contributed by atoms with Crippen molar-refractivity contribution in [3.05, 3.63) is 29.8 Å². The topological polar surface area (TPSA) is 52.6 Å². The molecule has 1 aliphatic rings. The third-order valence-corrected chi connectivity index (χ3v) is 3.96. The molecule has 1 aromatic rings. The Bertz CT molecular complexity index is 454. The van der Waals surface area contributed by atoms with Crippen LogP contribution >= 0.6 is 0 Å². The lowest BCUT2D eigenvalue weighted by atomic mass is 9.99. The Labute approximate surface area is 120 Å². The number of nitrogens with one attached hydrogen (secondary N) is 1. The van der Waals surface area contributed by atoms with Gasteiger partial charge in [0.1, 0.15) is 6.04 Å². The van der Waals surface area contributed by atoms with Crippen molar-refractivity contribution in [1.82, 2.24) is 4.90 Å². The van der Waals surface area contributed by atoms with Gasteiger partial charge in [-0.3, -0.25) is 4.79 Å². The van der Waals surface area contributed by atoms with Crippen molar-refractivity contribution >= 4 is 11.6 Å². The van der Waals surface area contributed by atoms with Gasteiger partial charge in [0.15, 0.2) is 0 Å². The van der Waals surface area contributed by atoms with Crippen molar-refractivity contribution in [3.8, 4) is 0 Å². The van der Waals surface area contributed by atoms with E-state index in [9.17, 15) is 4.79 Å². The predicted molar refractivity (Wildman–Crippen MR) is 80.4 cm³/mol. The smallest absolute Gasteiger partial charge is 0.244 e. The zero-order valence-electron chi connectivity index (χ0n) is 12.3. The molecule has 1 aliphatic heterocycles. The number of hydrogen-bond donors (Lipinski definition) is 2. The highest BCUT2D eigenvalue weighted by molar-refractivity contribution is 5.84. The molecular weight excluding hydrogens is 252 g/mol. The van der Waals surface area contributed by atoms with E-state index >= 15 is 0 Å². The number of aliphatic hydroxyl groups is 1. The highest BCUT2D eigenvalue weighted by Crippen LogP contribution is 2.18. The molecule has 2 N–H and O–H groups in total. The molecule has 0 unspecified atom stereocenters. The van der Waals surface area contributed by atoms with Gasteiger partial charge >= 0.3 is 0 Å². The predicted octanol–water partition coefficient (Wildman–Crippen LogP) is 2.24. The molecule has 1 atom stereocenters. The summed E-state index contributed by atoms with van der Waals surface area (Å²) >= 11 is 0. The highest BCUT2D eigenvalue weighted by Gasteiger charge is 2.24. The van der Waals surface area contributed by atoms with Crippen LogP contribution in [0.5, 0.6) is 0 Å². The Morgan fingerprint density at radius 1 is 1.45 bits per heavy atom. The number of carbonyl (C=O) groups excluding carboxylic acids is 1. The molecule has 1 fully saturated rings. The van der Waals surface area contributed by atoms with Crippen LogP contribution in [-0.2, 0) is 11.4 Å². The molecular formula is C16H24N2O2. The number of hydrogen-bond acceptors (Lipinski definition) is 3. The standard InChI is InChI=1S/C16H24N2O2/c1-12-6-8-18(9-7-12)16(20)13(2)17-15-5-3-4-14(10-15)11-19/h3-5,10,12-13,17,19H,6-9,11H2,1-2H3/t13-/m0/s1. The van der Waals surface area contributed by atoms with Crippen LogP contribution in [-0.4, -0.2) is 35.0 Å². The summed E-state index contributed by atoms with van der Waals surface area (Å²) in [6.45, 7) is 5.88. The number of nitrogens with zero attached hydrogens (tertiary/aromatic N) is 1. The molecule has 1 saturated heterocycles. The Kier molecular flexibility index (Phi) is 5.01. The van der Waals surface area contributed by atoms with Gasteiger partial charge in [-0.15, -0.1) is 0 Å². The minimum Gasteiger partial charge on any atom is -0.392 e. The lowest BCUT2D eigenvalue weighted by Gasteiger charge is -2.32. The number of amides is 1. The van der Waals surface area contributed by atoms with E-state index in [1.165, 1.54) is 0 Å². The first kappa shape index (κ1) is 14.9. The van der Waals surface area contributed by atoms with Crippen LogP contribution in [0.2, 0.25) is 0 Å². The van der Waals surface area contributed by atoms with Gasteiger partial charge in [-0.1, -0.05) is 19.1 Å². The third kappa shape index (κ3) is 3.73. The molecule has 0 saturated carbocycles. The van der Waals surface area contributed by atoms with Crippen LogP contribution in [0.25, 0.3) is 0 Å². The fourth-order valence-electron chi connectivity index (χ4n) is 2.57. The Hall–Kier alpha value is -1.55. The van der Waals surface area contributed by atoms with Gasteiger partial charge in [0, 0.05) is 18.8 Å². The average molecular weight is 276 g/mol. The van der Waals surface area contributed by atoms with E-state index in [1.54, 1.807) is 0 Å². The average Bonchev–Trinajstić information content (AvgIpc) is 2.47. The van der Waals surface area contributed by atoms with Gasteiger partial charge in [0.2, 0.25) is 5.91 Å². The maximum absolute atomic E-state index is 12.4. The van der Waals surface area contributed by atoms with Crippen molar-refractivity contribution in [1.29, 1.82) is 0 Å². The summed E-state index contributed by atoms with van der Waals surface area (Å²) < 4.78 is 0. The van der Waals surface area contributed by atoms with Crippen molar-refractivity contribution in [2.45, 2.75) is 39.3 Å². The molecule has 1 heterocycles. The van der Waals surface area contributed by atoms with Crippen LogP contribution in [0.15, 0.2) is 24.3 Å². The quantitative estimate of drug-likeness (QED) is 0.886. The second kappa shape index (κ2) is 6.75. The first-order valence-corrected chi connectivity index (χ1v) is 7.35. The first-order valence-electron chi connectivity index (χ1n) is 7.35. The second-order valence-electron chi connectivity index (χ2n) is 5.73. The van der Waals surface area contributed by atoms with E-state index in [1.807, 2.05) is 36.1 Å². The monoisotopic (exact) mass is 276 g/mol. The van der Waals surface area contributed by atoms with Crippen molar-refractivity contribution in [3.63, 3.8) is 0 Å². The number of likely N-dealkylation sites (tertiary alicyclic amines) is 1. The highest BCUT2D eigenvalue weighted by atomic mass is 16.3. The van der Waals surface area contributed by atoms with E-state index < -0.39 is 0 Å². The van der Waals surface area contributed by atoms with E-state index in [0.717, 1.165) is 43.1 Å². The Morgan fingerprint density at radius 2 is 2.15 bits per heavy atom. The summed E-state index contributed by atoms with van der Waals surface area (Å²) in [4.78, 5) is 14.3. The molecule has 0 bridgehead atoms. The molecule has 4 nitrogen and oxygen atoms in total. The van der Waals surface area contributed by atoms with Gasteiger partial charge < -0.3 is 15.3 Å². The summed E-state index contributed by atoms with van der Waals surface area (Å²) in [6.07, 6.45) is 2.19. The summed E-state index contributed by atoms with van der Waals surface area (Å²) in [7, 11) is 0. The minimum atomic E-state index is -0.239. The number of anilines is 1. The maximum Gasteiger partial charge on any atom is 0.244 e. The molecule has 2 rings (SSSR count). The summed E-state index contributed by atoms with van der Waals surface area (Å²) in [6, 6.07) is 7.30. The molecule has 0 radical (unpaired) electrons. The summed E-state index contributed by atoms with van der Waals surface area (Å²) in [5.74, 6) is 0.884. The van der Waals surface area contributed by atoms with Gasteiger partial charge in [-0.25, -0.2) is 0 Å². The van der Waals surface area contributed by atoms with Gasteiger partial charge in [-0.2, -0.15) is 0 Å². The first-order chi connectivity index (χ1) is 9.60. The minimum absolute atomic E-state index is 0.0157. The molecule has 4 heteroatoms. The summed E-state index contributed by atoms with van der Waals surface area (Å²) in [5.41, 5.74) is 1.73. The molecule has 0 aromatic heterocycles. The fourth-order valence-corrected chi connectivity index (χ4v) is 2.57. The molecule has 0 spiro atoms. The van der Waals surface area contributed by atoms with E-state index in [-0.39, 0.29) is 18.6 Å². The van der Waals surface area contributed by atoms with Crippen LogP contribution in [0.3, 0.4) is 0 Å². The van der Waals surface area contributed by atoms with Gasteiger partial charge in [0.25, 0.3) is 0 Å². The number of carbonyl (C=O) groups is 1. The molecule has 20 heavy (non-hydrogen) atoms. The Balaban J connectivity index is 1.93. The van der Waals surface area contributed by atoms with Crippen LogP contribution in [0, 0.1) is 5.92 Å². The van der Waals surface area contributed by atoms with Crippen LogP contribution in [0.1, 0.15) is 32.3 Å². The lowest BCUT2D eigenvalue weighted by Crippen LogP contribution is -2.45. The van der Waals surface area contributed by atoms with Crippen molar-refractivity contribution in [2.75, 3.05) is 18.4 Å². The summed E-state index contributed by atoms with van der Waals surface area (Å²) in [5, 5.41) is 12.4. The lowest BCUT2D eigenvalue weighted by molar-refractivity contribution is -0.132. The number of benzene rings is 1. The Morgan fingerprint density at radius 3 is 2.80 bits per heavy atom. The van der Waals surface area contributed by atoms with E-state index in [4.69, 9.17) is 5.11 Å². The molecule has 0 aliphatic carbocycles. The van der Waals surface area contributed by atoms with Crippen molar-refractivity contribution < 1.29 is 9.90 Å². The van der Waals surface area contributed by atoms with Crippen LogP contribution in [0.4, 0.5) is 5.69 Å². The SMILES string of the molecule is CC1CCN(C(=O)[C@H](C)Nc2cccc(CO)c2)CC1. The zero-order valence-corrected chi connectivity index (χ0v) is 12.3. The number of aliphatic hydroxyl groups excluding tert-OH is 1. The normalized spacial score (nSPS) is 17.9. The zero-order chi connectivity index (χ0) is 14.5. The van der Waals surface area contributed by atoms with E-state index in [0.29, 0.717) is 0 Å². The number of piperidine rings is 1. The third-order valence-electron chi connectivity index (χ3n) is 3.96. The molecule has 110 valence electrons. The van der Waals surface area contributed by atoms with Gasteiger partial charge in [-0.05, 0) is 43.4 Å². The molecule has 1 aromatic carbocycles. The largest absolute Gasteiger partial charge is 0.392 e. The van der Waals surface area contributed by atoms with Gasteiger partial charge in [0.05, 0.1) is 6.61 Å².